The summed E-state index contributed by atoms with van der Waals surface area (Å²) >= 11 is 0. The summed E-state index contributed by atoms with van der Waals surface area (Å²) in [6, 6.07) is 0. The van der Waals surface area contributed by atoms with E-state index in [-0.39, 0.29) is 18.6 Å². The molecule has 0 rings (SSSR count). The molecular weight excluding hydrogens is 186 g/mol. The summed E-state index contributed by atoms with van der Waals surface area (Å²) in [4.78, 5) is 23.5. The van der Waals surface area contributed by atoms with Gasteiger partial charge in [0.05, 0.1) is 6.61 Å². The smallest absolute Gasteiger partial charge is 0.340 e. The maximum Gasteiger partial charge on any atom is 0.340 e. The molecule has 0 amide bonds. The minimum absolute atomic E-state index is 0.0858. The number of ether oxygens (including phenoxy) is 1. The van der Waals surface area contributed by atoms with Gasteiger partial charge in [0, 0.05) is 33.8 Å². The number of aliphatic carboxylic acids is 1. The van der Waals surface area contributed by atoms with Crippen molar-refractivity contribution in [2.75, 3.05) is 27.8 Å². The van der Waals surface area contributed by atoms with E-state index in [1.165, 1.54) is 18.2 Å². The third-order valence-corrected chi connectivity index (χ3v) is 1.45. The average Bonchev–Trinajstić information content (AvgIpc) is 2.09. The molecule has 0 bridgehead atoms. The molecule has 0 aromatic rings. The summed E-state index contributed by atoms with van der Waals surface area (Å²) < 4.78 is 4.69. The van der Waals surface area contributed by atoms with Crippen LogP contribution in [0.5, 0.6) is 0 Å². The summed E-state index contributed by atoms with van der Waals surface area (Å²) in [6.45, 7) is 0.233. The fourth-order valence-corrected chi connectivity index (χ4v) is 0.834. The van der Waals surface area contributed by atoms with Crippen LogP contribution in [0, 0.1) is 0 Å². The summed E-state index contributed by atoms with van der Waals surface area (Å²) in [7, 11) is 4.78. The molecule has 80 valence electrons. The van der Waals surface area contributed by atoms with E-state index in [2.05, 4.69) is 0 Å². The second-order valence-corrected chi connectivity index (χ2v) is 2.98. The molecule has 5 nitrogen and oxygen atoms in total. The molecule has 0 saturated heterocycles. The lowest BCUT2D eigenvalue weighted by atomic mass is 10.1. The molecule has 0 spiro atoms. The lowest BCUT2D eigenvalue weighted by Gasteiger charge is -2.07. The Morgan fingerprint density at radius 3 is 2.36 bits per heavy atom. The van der Waals surface area contributed by atoms with Crippen LogP contribution in [0.15, 0.2) is 11.8 Å². The van der Waals surface area contributed by atoms with Gasteiger partial charge in [0.1, 0.15) is 5.57 Å². The largest absolute Gasteiger partial charge is 0.478 e. The van der Waals surface area contributed by atoms with E-state index >= 15 is 0 Å². The van der Waals surface area contributed by atoms with Gasteiger partial charge < -0.3 is 14.7 Å². The number of ketones is 1. The number of hydrogen-bond donors (Lipinski definition) is 1. The molecule has 5 heteroatoms. The number of carboxylic acids is 1. The molecule has 0 heterocycles. The number of carbonyl (C=O) groups is 2. The second-order valence-electron chi connectivity index (χ2n) is 2.98. The van der Waals surface area contributed by atoms with Crippen molar-refractivity contribution in [3.8, 4) is 0 Å². The highest BCUT2D eigenvalue weighted by atomic mass is 16.5. The van der Waals surface area contributed by atoms with Gasteiger partial charge >= 0.3 is 5.97 Å². The molecule has 0 fully saturated rings. The van der Waals surface area contributed by atoms with Crippen molar-refractivity contribution >= 4 is 11.8 Å². The second kappa shape index (κ2) is 6.15. The van der Waals surface area contributed by atoms with E-state index in [0.717, 1.165) is 0 Å². The lowest BCUT2D eigenvalue weighted by Crippen LogP contribution is -2.17. The Balaban J connectivity index is 4.51. The van der Waals surface area contributed by atoms with Crippen molar-refractivity contribution in [2.24, 2.45) is 0 Å². The van der Waals surface area contributed by atoms with Crippen LogP contribution in [0.25, 0.3) is 0 Å². The van der Waals surface area contributed by atoms with E-state index in [0.29, 0.717) is 0 Å². The number of methoxy groups -OCH3 is 1. The Morgan fingerprint density at radius 2 is 2.00 bits per heavy atom. The molecule has 1 N–H and O–H groups in total. The minimum atomic E-state index is -1.21. The summed E-state index contributed by atoms with van der Waals surface area (Å²) in [6.07, 6.45) is 1.38. The van der Waals surface area contributed by atoms with Crippen molar-refractivity contribution < 1.29 is 19.4 Å². The number of Topliss-reactive ketones (excluding diaryl/α,β-unsaturated/α-hetero) is 1. The molecule has 0 aromatic carbocycles. The molecule has 0 saturated carbocycles. The van der Waals surface area contributed by atoms with Crippen molar-refractivity contribution in [3.63, 3.8) is 0 Å². The average molecular weight is 201 g/mol. The number of carbonyl (C=O) groups excluding carboxylic acids is 1. The topological polar surface area (TPSA) is 66.8 Å². The van der Waals surface area contributed by atoms with Gasteiger partial charge in [0.2, 0.25) is 0 Å². The van der Waals surface area contributed by atoms with Crippen LogP contribution in [-0.2, 0) is 14.3 Å². The number of carboxylic acid groups (broad SMARTS) is 1. The van der Waals surface area contributed by atoms with E-state index in [1.807, 2.05) is 0 Å². The van der Waals surface area contributed by atoms with Gasteiger partial charge in [-0.15, -0.1) is 0 Å². The van der Waals surface area contributed by atoms with E-state index < -0.39 is 11.8 Å². The SMILES string of the molecule is COCCC(=O)C(=CN(C)C)C(=O)O. The highest BCUT2D eigenvalue weighted by molar-refractivity contribution is 6.16. The number of nitrogens with zero attached hydrogens (tertiary/aromatic N) is 1. The van der Waals surface area contributed by atoms with Crippen LogP contribution in [0.2, 0.25) is 0 Å². The zero-order chi connectivity index (χ0) is 11.1. The molecule has 0 unspecified atom stereocenters. The van der Waals surface area contributed by atoms with Gasteiger partial charge in [-0.1, -0.05) is 0 Å². The molecule has 0 aromatic heterocycles. The maximum atomic E-state index is 11.3. The molecule has 0 aliphatic rings. The third kappa shape index (κ3) is 4.61. The van der Waals surface area contributed by atoms with E-state index in [4.69, 9.17) is 9.84 Å². The van der Waals surface area contributed by atoms with Crippen LogP contribution in [0.4, 0.5) is 0 Å². The highest BCUT2D eigenvalue weighted by Crippen LogP contribution is 2.02. The summed E-state index contributed by atoms with van der Waals surface area (Å²) in [5, 5.41) is 8.74. The quantitative estimate of drug-likeness (QED) is 0.375. The Hall–Kier alpha value is -1.36. The minimum Gasteiger partial charge on any atom is -0.478 e. The monoisotopic (exact) mass is 201 g/mol. The van der Waals surface area contributed by atoms with Crippen LogP contribution in [-0.4, -0.2) is 49.6 Å². The lowest BCUT2D eigenvalue weighted by molar-refractivity contribution is -0.134. The van der Waals surface area contributed by atoms with Gasteiger partial charge in [-0.05, 0) is 0 Å². The van der Waals surface area contributed by atoms with E-state index in [9.17, 15) is 9.59 Å². The van der Waals surface area contributed by atoms with Crippen LogP contribution >= 0.6 is 0 Å². The third-order valence-electron chi connectivity index (χ3n) is 1.45. The molecule has 0 atom stereocenters. The van der Waals surface area contributed by atoms with Gasteiger partial charge in [-0.25, -0.2) is 4.79 Å². The summed E-state index contributed by atoms with van der Waals surface area (Å²) in [5.41, 5.74) is -0.216. The van der Waals surface area contributed by atoms with Crippen LogP contribution < -0.4 is 0 Å². The fourth-order valence-electron chi connectivity index (χ4n) is 0.834. The van der Waals surface area contributed by atoms with Crippen LogP contribution in [0.1, 0.15) is 6.42 Å². The van der Waals surface area contributed by atoms with Crippen molar-refractivity contribution in [1.82, 2.24) is 4.90 Å². The predicted molar refractivity (Wildman–Crippen MR) is 50.9 cm³/mol. The Labute approximate surface area is 83.0 Å². The fraction of sp³-hybridized carbons (Fsp3) is 0.556. The molecule has 0 radical (unpaired) electrons. The van der Waals surface area contributed by atoms with Gasteiger partial charge in [-0.3, -0.25) is 4.79 Å². The van der Waals surface area contributed by atoms with Crippen molar-refractivity contribution in [1.29, 1.82) is 0 Å². The first-order valence-electron chi connectivity index (χ1n) is 4.12. The van der Waals surface area contributed by atoms with Crippen molar-refractivity contribution in [2.45, 2.75) is 6.42 Å². The Kier molecular flexibility index (Phi) is 5.55. The number of rotatable bonds is 6. The van der Waals surface area contributed by atoms with Crippen LogP contribution in [0.3, 0.4) is 0 Å². The highest BCUT2D eigenvalue weighted by Gasteiger charge is 2.16. The first kappa shape index (κ1) is 12.6. The van der Waals surface area contributed by atoms with Gasteiger partial charge in [0.25, 0.3) is 0 Å². The molecular formula is C9H15NO4. The Morgan fingerprint density at radius 1 is 1.43 bits per heavy atom. The molecule has 0 aliphatic carbocycles. The maximum absolute atomic E-state index is 11.3. The first-order valence-corrected chi connectivity index (χ1v) is 4.12. The van der Waals surface area contributed by atoms with Gasteiger partial charge in [-0.2, -0.15) is 0 Å². The zero-order valence-electron chi connectivity index (χ0n) is 8.61. The molecule has 0 aliphatic heterocycles. The Bertz CT molecular complexity index is 245. The number of hydrogen-bond acceptors (Lipinski definition) is 4. The predicted octanol–water partition coefficient (Wildman–Crippen LogP) is 0.122. The molecule has 14 heavy (non-hydrogen) atoms. The summed E-state index contributed by atoms with van der Waals surface area (Å²) in [5.74, 6) is -1.63. The van der Waals surface area contributed by atoms with E-state index in [1.54, 1.807) is 14.1 Å². The van der Waals surface area contributed by atoms with Gasteiger partial charge in [0.15, 0.2) is 5.78 Å². The zero-order valence-corrected chi connectivity index (χ0v) is 8.61. The first-order chi connectivity index (χ1) is 6.49. The standard InChI is InChI=1S/C9H15NO4/c1-10(2)6-7(9(12)13)8(11)4-5-14-3/h6H,4-5H2,1-3H3,(H,12,13). The van der Waals surface area contributed by atoms with Crippen molar-refractivity contribution in [3.05, 3.63) is 11.8 Å². The normalized spacial score (nSPS) is 11.2.